The Morgan fingerprint density at radius 2 is 1.81 bits per heavy atom. The summed E-state index contributed by atoms with van der Waals surface area (Å²) >= 11 is 0. The number of hydrogen-bond donors (Lipinski definition) is 3. The first-order chi connectivity index (χ1) is 12.5. The quantitative estimate of drug-likeness (QED) is 0.300. The summed E-state index contributed by atoms with van der Waals surface area (Å²) in [5.74, 6) is 1.26. The molecule has 0 spiro atoms. The van der Waals surface area contributed by atoms with Gasteiger partial charge < -0.3 is 20.2 Å². The molecule has 1 heterocycles. The van der Waals surface area contributed by atoms with Crippen molar-refractivity contribution >= 4 is 29.9 Å². The first kappa shape index (κ1) is 23.4. The second-order valence-electron chi connectivity index (χ2n) is 6.49. The zero-order valence-electron chi connectivity index (χ0n) is 16.6. The molecule has 0 aliphatic rings. The van der Waals surface area contributed by atoms with E-state index in [9.17, 15) is 5.11 Å². The number of aliphatic imine (C=N–C) groups is 1. The second kappa shape index (κ2) is 11.3. The van der Waals surface area contributed by atoms with E-state index in [0.29, 0.717) is 37.8 Å². The Morgan fingerprint density at radius 3 is 2.41 bits per heavy atom. The molecule has 0 saturated heterocycles. The summed E-state index contributed by atoms with van der Waals surface area (Å²) in [6, 6.07) is 8.06. The summed E-state index contributed by atoms with van der Waals surface area (Å²) in [6.07, 6.45) is 3.02. The van der Waals surface area contributed by atoms with Gasteiger partial charge in [0.2, 0.25) is 5.89 Å². The molecule has 1 aromatic heterocycles. The normalized spacial score (nSPS) is 11.8. The van der Waals surface area contributed by atoms with E-state index >= 15 is 0 Å². The summed E-state index contributed by atoms with van der Waals surface area (Å²) in [5.41, 5.74) is 2.19. The molecular formula is C20H31IN4O2. The van der Waals surface area contributed by atoms with Gasteiger partial charge in [0, 0.05) is 18.7 Å². The third-order valence-corrected chi connectivity index (χ3v) is 4.49. The van der Waals surface area contributed by atoms with Crippen molar-refractivity contribution in [3.63, 3.8) is 0 Å². The van der Waals surface area contributed by atoms with Crippen LogP contribution in [0.5, 0.6) is 0 Å². The number of oxazole rings is 1. The molecule has 0 aliphatic heterocycles. The predicted molar refractivity (Wildman–Crippen MR) is 120 cm³/mol. The van der Waals surface area contributed by atoms with Crippen LogP contribution in [0.25, 0.3) is 11.5 Å². The largest absolute Gasteiger partial charge is 0.444 e. The molecule has 0 bridgehead atoms. The lowest BCUT2D eigenvalue weighted by Gasteiger charge is -2.26. The number of guanidine groups is 1. The van der Waals surface area contributed by atoms with Crippen LogP contribution in [-0.2, 0) is 6.54 Å². The van der Waals surface area contributed by atoms with E-state index < -0.39 is 5.60 Å². The monoisotopic (exact) mass is 486 g/mol. The molecule has 7 heteroatoms. The van der Waals surface area contributed by atoms with Gasteiger partial charge in [0.25, 0.3) is 0 Å². The van der Waals surface area contributed by atoms with E-state index in [0.717, 1.165) is 17.8 Å². The third kappa shape index (κ3) is 7.14. The van der Waals surface area contributed by atoms with Crippen LogP contribution in [0.4, 0.5) is 0 Å². The van der Waals surface area contributed by atoms with Gasteiger partial charge in [-0.1, -0.05) is 31.5 Å². The Balaban J connectivity index is 0.00000364. The van der Waals surface area contributed by atoms with Crippen molar-refractivity contribution in [3.05, 3.63) is 41.8 Å². The average Bonchev–Trinajstić information content (AvgIpc) is 3.13. The summed E-state index contributed by atoms with van der Waals surface area (Å²) in [7, 11) is 0. The Morgan fingerprint density at radius 1 is 1.15 bits per heavy atom. The molecule has 0 atom stereocenters. The molecule has 0 aliphatic carbocycles. The van der Waals surface area contributed by atoms with Gasteiger partial charge in [-0.2, -0.15) is 0 Å². The second-order valence-corrected chi connectivity index (χ2v) is 6.49. The smallest absolute Gasteiger partial charge is 0.226 e. The van der Waals surface area contributed by atoms with Gasteiger partial charge in [0.1, 0.15) is 12.0 Å². The molecule has 150 valence electrons. The Labute approximate surface area is 178 Å². The van der Waals surface area contributed by atoms with Crippen LogP contribution in [0.15, 0.2) is 39.9 Å². The highest BCUT2D eigenvalue weighted by Crippen LogP contribution is 2.19. The molecule has 6 nitrogen and oxygen atoms in total. The van der Waals surface area contributed by atoms with Crippen molar-refractivity contribution in [2.75, 3.05) is 13.1 Å². The highest BCUT2D eigenvalue weighted by molar-refractivity contribution is 14.0. The average molecular weight is 486 g/mol. The Bertz CT molecular complexity index is 709. The van der Waals surface area contributed by atoms with Crippen LogP contribution in [-0.4, -0.2) is 34.7 Å². The van der Waals surface area contributed by atoms with E-state index in [1.165, 1.54) is 5.56 Å². The van der Waals surface area contributed by atoms with E-state index in [4.69, 9.17) is 4.42 Å². The van der Waals surface area contributed by atoms with Crippen LogP contribution in [0.3, 0.4) is 0 Å². The number of rotatable bonds is 8. The lowest BCUT2D eigenvalue weighted by molar-refractivity contribution is 0.0367. The van der Waals surface area contributed by atoms with Gasteiger partial charge in [-0.3, -0.25) is 0 Å². The van der Waals surface area contributed by atoms with Crippen LogP contribution in [0, 0.1) is 6.92 Å². The lowest BCUT2D eigenvalue weighted by Crippen LogP contribution is -2.46. The predicted octanol–water partition coefficient (Wildman–Crippen LogP) is 3.87. The standard InChI is InChI=1S/C20H30N4O2.HI/c1-5-20(25,6-2)14-23-19(21-7-3)22-12-17-13-26-18(24-17)16-10-8-15(4)9-11-16;/h8-11,13,25H,5-7,12,14H2,1-4H3,(H2,21,22,23);1H. The lowest BCUT2D eigenvalue weighted by atomic mass is 9.98. The number of nitrogens with one attached hydrogen (secondary N) is 2. The zero-order chi connectivity index (χ0) is 19.0. The first-order valence-electron chi connectivity index (χ1n) is 9.25. The number of aliphatic hydroxyl groups is 1. The maximum atomic E-state index is 10.4. The van der Waals surface area contributed by atoms with E-state index in [-0.39, 0.29) is 24.0 Å². The maximum Gasteiger partial charge on any atom is 0.226 e. The number of aromatic nitrogens is 1. The molecule has 0 saturated carbocycles. The zero-order valence-corrected chi connectivity index (χ0v) is 18.9. The summed E-state index contributed by atoms with van der Waals surface area (Å²) < 4.78 is 5.57. The highest BCUT2D eigenvalue weighted by atomic mass is 127. The van der Waals surface area contributed by atoms with Crippen LogP contribution in [0.2, 0.25) is 0 Å². The number of nitrogens with zero attached hydrogens (tertiary/aromatic N) is 2. The molecule has 0 amide bonds. The van der Waals surface area contributed by atoms with Crippen molar-refractivity contribution in [2.24, 2.45) is 4.99 Å². The fraction of sp³-hybridized carbons (Fsp3) is 0.500. The van der Waals surface area contributed by atoms with Gasteiger partial charge in [-0.25, -0.2) is 9.98 Å². The maximum absolute atomic E-state index is 10.4. The topological polar surface area (TPSA) is 82.7 Å². The van der Waals surface area contributed by atoms with Gasteiger partial charge in [0.15, 0.2) is 5.96 Å². The number of hydrogen-bond acceptors (Lipinski definition) is 4. The van der Waals surface area contributed by atoms with Gasteiger partial charge in [-0.15, -0.1) is 24.0 Å². The highest BCUT2D eigenvalue weighted by Gasteiger charge is 2.22. The van der Waals surface area contributed by atoms with E-state index in [2.05, 4.69) is 20.6 Å². The molecule has 0 unspecified atom stereocenters. The Hall–Kier alpha value is -1.61. The third-order valence-electron chi connectivity index (χ3n) is 4.49. The minimum absolute atomic E-state index is 0. The minimum Gasteiger partial charge on any atom is -0.444 e. The van der Waals surface area contributed by atoms with Gasteiger partial charge >= 0.3 is 0 Å². The van der Waals surface area contributed by atoms with Gasteiger partial charge in [-0.05, 0) is 38.8 Å². The summed E-state index contributed by atoms with van der Waals surface area (Å²) in [6.45, 7) is 9.63. The van der Waals surface area contributed by atoms with Crippen molar-refractivity contribution in [1.29, 1.82) is 0 Å². The molecule has 3 N–H and O–H groups in total. The van der Waals surface area contributed by atoms with Crippen molar-refractivity contribution in [2.45, 2.75) is 52.7 Å². The number of halogens is 1. The number of aryl methyl sites for hydroxylation is 1. The Kier molecular flexibility index (Phi) is 9.79. The molecule has 0 fully saturated rings. The van der Waals surface area contributed by atoms with E-state index in [1.54, 1.807) is 6.26 Å². The fourth-order valence-corrected chi connectivity index (χ4v) is 2.46. The SMILES string of the molecule is CCNC(=NCc1coc(-c2ccc(C)cc2)n1)NCC(O)(CC)CC.I. The molecule has 0 radical (unpaired) electrons. The minimum atomic E-state index is -0.720. The molecule has 2 rings (SSSR count). The van der Waals surface area contributed by atoms with Crippen LogP contribution in [0.1, 0.15) is 44.9 Å². The molecule has 27 heavy (non-hydrogen) atoms. The molecular weight excluding hydrogens is 455 g/mol. The van der Waals surface area contributed by atoms with Crippen LogP contribution >= 0.6 is 24.0 Å². The summed E-state index contributed by atoms with van der Waals surface area (Å²) in [4.78, 5) is 9.04. The van der Waals surface area contributed by atoms with Crippen molar-refractivity contribution in [3.8, 4) is 11.5 Å². The summed E-state index contributed by atoms with van der Waals surface area (Å²) in [5, 5.41) is 16.8. The van der Waals surface area contributed by atoms with Crippen LogP contribution < -0.4 is 10.6 Å². The van der Waals surface area contributed by atoms with E-state index in [1.807, 2.05) is 52.0 Å². The van der Waals surface area contributed by atoms with Crippen molar-refractivity contribution < 1.29 is 9.52 Å². The van der Waals surface area contributed by atoms with Crippen molar-refractivity contribution in [1.82, 2.24) is 15.6 Å². The number of benzene rings is 1. The molecule has 1 aromatic carbocycles. The first-order valence-corrected chi connectivity index (χ1v) is 9.25. The molecule has 2 aromatic rings. The fourth-order valence-electron chi connectivity index (χ4n) is 2.46. The van der Waals surface area contributed by atoms with Gasteiger partial charge in [0.05, 0.1) is 12.1 Å².